The van der Waals surface area contributed by atoms with Gasteiger partial charge in [0.1, 0.15) is 11.9 Å². The van der Waals surface area contributed by atoms with Crippen LogP contribution in [-0.4, -0.2) is 59.5 Å². The number of nitrogens with zero attached hydrogens (tertiary/aromatic N) is 2. The minimum Gasteiger partial charge on any atom is -0.489 e. The number of carbonyl (C=O) groups is 1. The van der Waals surface area contributed by atoms with Crippen LogP contribution in [0.2, 0.25) is 5.02 Å². The van der Waals surface area contributed by atoms with Gasteiger partial charge in [0.25, 0.3) is 0 Å². The van der Waals surface area contributed by atoms with Crippen molar-refractivity contribution in [3.63, 3.8) is 0 Å². The molecule has 24 heavy (non-hydrogen) atoms. The van der Waals surface area contributed by atoms with Gasteiger partial charge in [-0.3, -0.25) is 9.69 Å². The first-order valence-electron chi connectivity index (χ1n) is 8.68. The second kappa shape index (κ2) is 8.45. The largest absolute Gasteiger partial charge is 0.489 e. The van der Waals surface area contributed by atoms with Gasteiger partial charge in [-0.15, -0.1) is 0 Å². The van der Waals surface area contributed by atoms with E-state index in [-0.39, 0.29) is 12.0 Å². The van der Waals surface area contributed by atoms with Crippen LogP contribution in [0.5, 0.6) is 5.75 Å². The van der Waals surface area contributed by atoms with Gasteiger partial charge in [0.15, 0.2) is 0 Å². The minimum atomic E-state index is 0.145. The Labute approximate surface area is 153 Å². The van der Waals surface area contributed by atoms with E-state index in [1.165, 1.54) is 0 Å². The van der Waals surface area contributed by atoms with Crippen molar-refractivity contribution in [3.05, 3.63) is 28.8 Å². The van der Waals surface area contributed by atoms with E-state index in [2.05, 4.69) is 11.8 Å². The van der Waals surface area contributed by atoms with E-state index in [9.17, 15) is 4.79 Å². The summed E-state index contributed by atoms with van der Waals surface area (Å²) in [7, 11) is 0. The van der Waals surface area contributed by atoms with Crippen LogP contribution in [0.25, 0.3) is 0 Å². The Kier molecular flexibility index (Phi) is 6.31. The highest BCUT2D eigenvalue weighted by molar-refractivity contribution is 7.99. The highest BCUT2D eigenvalue weighted by Gasteiger charge is 2.23. The first-order chi connectivity index (χ1) is 11.7. The van der Waals surface area contributed by atoms with Crippen molar-refractivity contribution in [1.82, 2.24) is 9.80 Å². The number of hydrogen-bond donors (Lipinski definition) is 0. The fourth-order valence-electron chi connectivity index (χ4n) is 3.19. The van der Waals surface area contributed by atoms with E-state index in [0.717, 1.165) is 62.0 Å². The van der Waals surface area contributed by atoms with Crippen LogP contribution in [-0.2, 0) is 11.3 Å². The van der Waals surface area contributed by atoms with E-state index in [1.807, 2.05) is 34.9 Å². The lowest BCUT2D eigenvalue weighted by Gasteiger charge is -2.28. The third-order valence-electron chi connectivity index (χ3n) is 4.64. The first-order valence-corrected chi connectivity index (χ1v) is 10.2. The molecular weight excluding hydrogens is 344 g/mol. The third-order valence-corrected chi connectivity index (χ3v) is 5.82. The third kappa shape index (κ3) is 4.58. The van der Waals surface area contributed by atoms with Gasteiger partial charge in [-0.2, -0.15) is 11.8 Å². The number of benzene rings is 1. The van der Waals surface area contributed by atoms with Crippen LogP contribution in [0.1, 0.15) is 25.3 Å². The zero-order valence-electron chi connectivity index (χ0n) is 14.2. The monoisotopic (exact) mass is 368 g/mol. The zero-order valence-corrected chi connectivity index (χ0v) is 15.7. The quantitative estimate of drug-likeness (QED) is 0.816. The predicted molar refractivity (Wildman–Crippen MR) is 100.0 cm³/mol. The summed E-state index contributed by atoms with van der Waals surface area (Å²) in [5.41, 5.74) is 1.15. The molecule has 1 saturated heterocycles. The number of ether oxygens (including phenoxy) is 1. The number of amides is 1. The van der Waals surface area contributed by atoms with E-state index in [4.69, 9.17) is 16.3 Å². The van der Waals surface area contributed by atoms with Crippen molar-refractivity contribution in [1.29, 1.82) is 0 Å². The van der Waals surface area contributed by atoms with Gasteiger partial charge in [0.05, 0.1) is 0 Å². The maximum Gasteiger partial charge on any atom is 0.223 e. The average Bonchev–Trinajstić information content (AvgIpc) is 2.78. The lowest BCUT2D eigenvalue weighted by atomic mass is 10.2. The average molecular weight is 369 g/mol. The fraction of sp³-hybridized carbons (Fsp3) is 0.611. The highest BCUT2D eigenvalue weighted by atomic mass is 35.5. The fourth-order valence-corrected chi connectivity index (χ4v) is 4.25. The standard InChI is InChI=1S/C18H25ClN2O2S/c1-2-16-13-20(6-5-18(22)21-7-9-24-10-8-21)12-14-3-4-15(19)11-17(14)23-16/h3-4,11,16H,2,5-10,12-13H2,1H3/t16-/m0/s1. The number of thioether (sulfide) groups is 1. The summed E-state index contributed by atoms with van der Waals surface area (Å²) in [5, 5.41) is 0.704. The van der Waals surface area contributed by atoms with Gasteiger partial charge in [-0.05, 0) is 18.6 Å². The van der Waals surface area contributed by atoms with Gasteiger partial charge in [0.2, 0.25) is 5.91 Å². The molecule has 0 spiro atoms. The lowest BCUT2D eigenvalue weighted by Crippen LogP contribution is -2.40. The molecule has 3 rings (SSSR count). The lowest BCUT2D eigenvalue weighted by molar-refractivity contribution is -0.131. The Morgan fingerprint density at radius 2 is 2.17 bits per heavy atom. The summed E-state index contributed by atoms with van der Waals surface area (Å²) in [5.74, 6) is 3.30. The van der Waals surface area contributed by atoms with Gasteiger partial charge in [-0.1, -0.05) is 24.6 Å². The summed E-state index contributed by atoms with van der Waals surface area (Å²) in [6.07, 6.45) is 1.68. The predicted octanol–water partition coefficient (Wildman–Crippen LogP) is 3.28. The molecule has 4 nitrogen and oxygen atoms in total. The van der Waals surface area contributed by atoms with Crippen LogP contribution >= 0.6 is 23.4 Å². The number of hydrogen-bond acceptors (Lipinski definition) is 4. The van der Waals surface area contributed by atoms with Gasteiger partial charge < -0.3 is 9.64 Å². The topological polar surface area (TPSA) is 32.8 Å². The maximum absolute atomic E-state index is 12.4. The van der Waals surface area contributed by atoms with Crippen molar-refractivity contribution in [3.8, 4) is 5.75 Å². The summed E-state index contributed by atoms with van der Waals surface area (Å²) in [4.78, 5) is 16.8. The molecule has 0 radical (unpaired) electrons. The molecule has 132 valence electrons. The summed E-state index contributed by atoms with van der Waals surface area (Å²) >= 11 is 8.03. The van der Waals surface area contributed by atoms with Crippen molar-refractivity contribution < 1.29 is 9.53 Å². The molecule has 6 heteroatoms. The van der Waals surface area contributed by atoms with Crippen LogP contribution in [0.3, 0.4) is 0 Å². The summed E-state index contributed by atoms with van der Waals surface area (Å²) in [6, 6.07) is 5.84. The molecule has 1 atom stereocenters. The molecule has 1 fully saturated rings. The highest BCUT2D eigenvalue weighted by Crippen LogP contribution is 2.29. The van der Waals surface area contributed by atoms with Crippen molar-refractivity contribution in [2.75, 3.05) is 37.7 Å². The minimum absolute atomic E-state index is 0.145. The number of carbonyl (C=O) groups excluding carboxylic acids is 1. The van der Waals surface area contributed by atoms with E-state index in [0.29, 0.717) is 11.4 Å². The Hall–Kier alpha value is -0.910. The SMILES string of the molecule is CC[C@H]1CN(CCC(=O)N2CCSCC2)Cc2ccc(Cl)cc2O1. The molecular formula is C18H25ClN2O2S. The second-order valence-electron chi connectivity index (χ2n) is 6.38. The normalized spacial score (nSPS) is 21.8. The molecule has 1 aromatic rings. The van der Waals surface area contributed by atoms with E-state index < -0.39 is 0 Å². The van der Waals surface area contributed by atoms with Crippen LogP contribution in [0.15, 0.2) is 18.2 Å². The molecule has 1 amide bonds. The van der Waals surface area contributed by atoms with Crippen molar-refractivity contribution in [2.24, 2.45) is 0 Å². The first kappa shape index (κ1) is 17.9. The summed E-state index contributed by atoms with van der Waals surface area (Å²) < 4.78 is 6.12. The number of rotatable bonds is 4. The molecule has 0 saturated carbocycles. The second-order valence-corrected chi connectivity index (χ2v) is 8.04. The van der Waals surface area contributed by atoms with Crippen LogP contribution in [0.4, 0.5) is 0 Å². The van der Waals surface area contributed by atoms with Crippen molar-refractivity contribution >= 4 is 29.3 Å². The molecule has 0 aliphatic carbocycles. The van der Waals surface area contributed by atoms with E-state index >= 15 is 0 Å². The molecule has 2 heterocycles. The number of halogens is 1. The van der Waals surface area contributed by atoms with Crippen LogP contribution in [0, 0.1) is 0 Å². The van der Waals surface area contributed by atoms with Crippen molar-refractivity contribution in [2.45, 2.75) is 32.4 Å². The smallest absolute Gasteiger partial charge is 0.223 e. The molecule has 2 aliphatic heterocycles. The van der Waals surface area contributed by atoms with Crippen LogP contribution < -0.4 is 4.74 Å². The Bertz CT molecular complexity index is 578. The van der Waals surface area contributed by atoms with E-state index in [1.54, 1.807) is 0 Å². The Morgan fingerprint density at radius 1 is 1.38 bits per heavy atom. The zero-order chi connectivity index (χ0) is 16.9. The van der Waals surface area contributed by atoms with Gasteiger partial charge in [0, 0.05) is 61.2 Å². The number of fused-ring (bicyclic) bond motifs is 1. The molecule has 1 aromatic carbocycles. The summed E-state index contributed by atoms with van der Waals surface area (Å²) in [6.45, 7) is 6.37. The van der Waals surface area contributed by atoms with Gasteiger partial charge >= 0.3 is 0 Å². The maximum atomic E-state index is 12.4. The Balaban J connectivity index is 1.62. The molecule has 0 aromatic heterocycles. The molecule has 0 N–H and O–H groups in total. The molecule has 2 aliphatic rings. The van der Waals surface area contributed by atoms with Gasteiger partial charge in [-0.25, -0.2) is 0 Å². The molecule has 0 bridgehead atoms. The Morgan fingerprint density at radius 3 is 2.92 bits per heavy atom. The molecule has 0 unspecified atom stereocenters.